The summed E-state index contributed by atoms with van der Waals surface area (Å²) in [5, 5.41) is 4.48. The van der Waals surface area contributed by atoms with Crippen molar-refractivity contribution in [3.05, 3.63) is 63.9 Å². The Labute approximate surface area is 174 Å². The first-order valence-electron chi connectivity index (χ1n) is 9.41. The number of furan rings is 1. The van der Waals surface area contributed by atoms with E-state index >= 15 is 0 Å². The summed E-state index contributed by atoms with van der Waals surface area (Å²) in [5.74, 6) is 2.49. The van der Waals surface area contributed by atoms with Gasteiger partial charge in [0.05, 0.1) is 0 Å². The van der Waals surface area contributed by atoms with Crippen LogP contribution in [0.15, 0.2) is 40.8 Å². The fourth-order valence-electron chi connectivity index (χ4n) is 3.57. The van der Waals surface area contributed by atoms with Crippen molar-refractivity contribution in [3.63, 3.8) is 0 Å². The Bertz CT molecular complexity index is 1020. The van der Waals surface area contributed by atoms with Crippen molar-refractivity contribution in [2.24, 2.45) is 0 Å². The van der Waals surface area contributed by atoms with E-state index in [1.54, 1.807) is 12.1 Å². The molecule has 1 aliphatic heterocycles. The van der Waals surface area contributed by atoms with E-state index in [2.05, 4.69) is 22.3 Å². The minimum atomic E-state index is -0.242. The van der Waals surface area contributed by atoms with Gasteiger partial charge in [0.15, 0.2) is 5.76 Å². The lowest BCUT2D eigenvalue weighted by Gasteiger charge is -2.26. The smallest absolute Gasteiger partial charge is 0.291 e. The van der Waals surface area contributed by atoms with E-state index in [0.717, 1.165) is 41.8 Å². The van der Waals surface area contributed by atoms with Crippen LogP contribution in [0.5, 0.6) is 0 Å². The van der Waals surface area contributed by atoms with Gasteiger partial charge in [0.25, 0.3) is 5.91 Å². The number of hydrogen-bond acceptors (Lipinski definition) is 4. The lowest BCUT2D eigenvalue weighted by Crippen LogP contribution is -2.31. The zero-order valence-corrected chi connectivity index (χ0v) is 17.6. The van der Waals surface area contributed by atoms with Crippen LogP contribution in [0.1, 0.15) is 27.2 Å². The number of nitrogens with one attached hydrogen (secondary N) is 1. The normalized spacial score (nSPS) is 15.1. The molecule has 0 aliphatic carbocycles. The van der Waals surface area contributed by atoms with Crippen LogP contribution in [0, 0.1) is 13.8 Å². The number of aryl methyl sites for hydroxylation is 2. The van der Waals surface area contributed by atoms with Crippen LogP contribution in [0.2, 0.25) is 5.02 Å². The number of benzene rings is 2. The lowest BCUT2D eigenvalue weighted by atomic mass is 10.1. The second-order valence-corrected chi connectivity index (χ2v) is 8.85. The van der Waals surface area contributed by atoms with Crippen LogP contribution in [0.4, 0.5) is 5.69 Å². The summed E-state index contributed by atoms with van der Waals surface area (Å²) in [6.07, 6.45) is 0. The van der Waals surface area contributed by atoms with Crippen molar-refractivity contribution in [3.8, 4) is 0 Å². The van der Waals surface area contributed by atoms with E-state index in [-0.39, 0.29) is 5.91 Å². The quantitative estimate of drug-likeness (QED) is 0.611. The fraction of sp³-hybridized carbons (Fsp3) is 0.318. The first-order valence-corrected chi connectivity index (χ1v) is 10.9. The highest BCUT2D eigenvalue weighted by Crippen LogP contribution is 2.29. The van der Waals surface area contributed by atoms with Gasteiger partial charge in [-0.3, -0.25) is 9.69 Å². The van der Waals surface area contributed by atoms with Gasteiger partial charge in [-0.1, -0.05) is 23.7 Å². The Hall–Kier alpha value is -1.95. The molecule has 0 saturated carbocycles. The van der Waals surface area contributed by atoms with Crippen molar-refractivity contribution in [2.75, 3.05) is 29.9 Å². The lowest BCUT2D eigenvalue weighted by molar-refractivity contribution is 0.0998. The third-order valence-electron chi connectivity index (χ3n) is 5.15. The molecule has 146 valence electrons. The Morgan fingerprint density at radius 3 is 2.71 bits per heavy atom. The molecule has 4 nitrogen and oxygen atoms in total. The second kappa shape index (κ2) is 8.19. The SMILES string of the molecule is Cc1cc(CN2CCSCC2)ccc1NC(=O)c1oc2ccc(Cl)cc2c1C. The molecule has 1 saturated heterocycles. The van der Waals surface area contributed by atoms with Crippen LogP contribution in [-0.2, 0) is 6.54 Å². The topological polar surface area (TPSA) is 45.5 Å². The molecule has 6 heteroatoms. The molecular formula is C22H23ClN2O2S. The Morgan fingerprint density at radius 1 is 1.18 bits per heavy atom. The number of hydrogen-bond donors (Lipinski definition) is 1. The molecule has 1 fully saturated rings. The van der Waals surface area contributed by atoms with E-state index in [0.29, 0.717) is 16.4 Å². The van der Waals surface area contributed by atoms with Gasteiger partial charge in [-0.05, 0) is 49.2 Å². The van der Waals surface area contributed by atoms with Gasteiger partial charge in [-0.25, -0.2) is 0 Å². The molecule has 0 unspecified atom stereocenters. The molecular weight excluding hydrogens is 392 g/mol. The summed E-state index contributed by atoms with van der Waals surface area (Å²) in [6.45, 7) is 7.13. The summed E-state index contributed by atoms with van der Waals surface area (Å²) in [4.78, 5) is 15.3. The van der Waals surface area contributed by atoms with Crippen LogP contribution in [0.25, 0.3) is 11.0 Å². The molecule has 3 aromatic rings. The zero-order valence-electron chi connectivity index (χ0n) is 16.0. The van der Waals surface area contributed by atoms with Crippen molar-refractivity contribution < 1.29 is 9.21 Å². The number of amides is 1. The van der Waals surface area contributed by atoms with Gasteiger partial charge in [-0.2, -0.15) is 11.8 Å². The average molecular weight is 415 g/mol. The molecule has 28 heavy (non-hydrogen) atoms. The number of nitrogens with zero attached hydrogens (tertiary/aromatic N) is 1. The minimum Gasteiger partial charge on any atom is -0.451 e. The second-order valence-electron chi connectivity index (χ2n) is 7.19. The highest BCUT2D eigenvalue weighted by molar-refractivity contribution is 7.99. The van der Waals surface area contributed by atoms with Gasteiger partial charge < -0.3 is 9.73 Å². The van der Waals surface area contributed by atoms with E-state index in [4.69, 9.17) is 16.0 Å². The van der Waals surface area contributed by atoms with E-state index < -0.39 is 0 Å². The molecule has 0 bridgehead atoms. The number of fused-ring (bicyclic) bond motifs is 1. The van der Waals surface area contributed by atoms with Crippen LogP contribution < -0.4 is 5.32 Å². The van der Waals surface area contributed by atoms with Crippen LogP contribution >= 0.6 is 23.4 Å². The number of anilines is 1. The average Bonchev–Trinajstić information content (AvgIpc) is 3.01. The zero-order chi connectivity index (χ0) is 19.7. The molecule has 2 aromatic carbocycles. The number of carbonyl (C=O) groups is 1. The molecule has 2 heterocycles. The summed E-state index contributed by atoms with van der Waals surface area (Å²) in [6, 6.07) is 11.6. The number of rotatable bonds is 4. The Balaban J connectivity index is 1.50. The van der Waals surface area contributed by atoms with Crippen molar-refractivity contribution >= 4 is 45.9 Å². The Morgan fingerprint density at radius 2 is 1.96 bits per heavy atom. The monoisotopic (exact) mass is 414 g/mol. The summed E-state index contributed by atoms with van der Waals surface area (Å²) < 4.78 is 5.77. The first-order chi connectivity index (χ1) is 13.5. The third kappa shape index (κ3) is 4.07. The van der Waals surface area contributed by atoms with E-state index in [1.807, 2.05) is 37.7 Å². The van der Waals surface area contributed by atoms with Crippen molar-refractivity contribution in [1.29, 1.82) is 0 Å². The number of halogens is 1. The summed E-state index contributed by atoms with van der Waals surface area (Å²) in [7, 11) is 0. The molecule has 0 spiro atoms. The summed E-state index contributed by atoms with van der Waals surface area (Å²) >= 11 is 8.09. The summed E-state index contributed by atoms with van der Waals surface area (Å²) in [5.41, 5.74) is 4.60. The van der Waals surface area contributed by atoms with Gasteiger partial charge >= 0.3 is 0 Å². The molecule has 0 radical (unpaired) electrons. The van der Waals surface area contributed by atoms with E-state index in [9.17, 15) is 4.79 Å². The Kier molecular flexibility index (Phi) is 5.67. The number of thioether (sulfide) groups is 1. The maximum Gasteiger partial charge on any atom is 0.291 e. The van der Waals surface area contributed by atoms with Crippen LogP contribution in [0.3, 0.4) is 0 Å². The molecule has 1 N–H and O–H groups in total. The van der Waals surface area contributed by atoms with Crippen molar-refractivity contribution in [2.45, 2.75) is 20.4 Å². The number of carbonyl (C=O) groups excluding carboxylic acids is 1. The van der Waals surface area contributed by atoms with Gasteiger partial charge in [0.1, 0.15) is 5.58 Å². The fourth-order valence-corrected chi connectivity index (χ4v) is 4.72. The maximum absolute atomic E-state index is 12.8. The minimum absolute atomic E-state index is 0.242. The molecule has 4 rings (SSSR count). The predicted molar refractivity (Wildman–Crippen MR) is 118 cm³/mol. The predicted octanol–water partition coefficient (Wildman–Crippen LogP) is 5.50. The first kappa shape index (κ1) is 19.4. The van der Waals surface area contributed by atoms with Crippen LogP contribution in [-0.4, -0.2) is 35.4 Å². The molecule has 1 aliphatic rings. The van der Waals surface area contributed by atoms with Gasteiger partial charge in [0, 0.05) is 52.8 Å². The molecule has 1 aromatic heterocycles. The van der Waals surface area contributed by atoms with Gasteiger partial charge in [-0.15, -0.1) is 0 Å². The largest absolute Gasteiger partial charge is 0.451 e. The maximum atomic E-state index is 12.8. The highest BCUT2D eigenvalue weighted by Gasteiger charge is 2.19. The van der Waals surface area contributed by atoms with Crippen molar-refractivity contribution in [1.82, 2.24) is 4.90 Å². The van der Waals surface area contributed by atoms with Gasteiger partial charge in [0.2, 0.25) is 0 Å². The standard InChI is InChI=1S/C22H23ClN2O2S/c1-14-11-16(13-25-7-9-28-10-8-25)3-5-19(14)24-22(26)21-15(2)18-12-17(23)4-6-20(18)27-21/h3-6,11-12H,7-10,13H2,1-2H3,(H,24,26). The molecule has 0 atom stereocenters. The highest BCUT2D eigenvalue weighted by atomic mass is 35.5. The molecule has 1 amide bonds. The van der Waals surface area contributed by atoms with E-state index in [1.165, 1.54) is 17.1 Å². The third-order valence-corrected chi connectivity index (χ3v) is 6.33.